The molecule has 0 fully saturated rings. The largest absolute Gasteiger partial charge is 0.479 e. The van der Waals surface area contributed by atoms with Crippen molar-refractivity contribution in [2.24, 2.45) is 0 Å². The average Bonchev–Trinajstić information content (AvgIpc) is 3.07. The number of fused-ring (bicyclic) bond motifs is 1. The van der Waals surface area contributed by atoms with Crippen LogP contribution in [-0.2, 0) is 16.0 Å². The molecule has 6 nitrogen and oxygen atoms in total. The van der Waals surface area contributed by atoms with Crippen molar-refractivity contribution < 1.29 is 28.6 Å². The van der Waals surface area contributed by atoms with Crippen LogP contribution in [0.3, 0.4) is 0 Å². The van der Waals surface area contributed by atoms with E-state index in [-0.39, 0.29) is 12.4 Å². The Labute approximate surface area is 149 Å². The highest BCUT2D eigenvalue weighted by Gasteiger charge is 2.12. The Bertz CT molecular complexity index is 897. The molecule has 1 heterocycles. The molecule has 3 rings (SSSR count). The first-order chi connectivity index (χ1) is 12.6. The quantitative estimate of drug-likeness (QED) is 0.468. The van der Waals surface area contributed by atoms with Gasteiger partial charge in [-0.05, 0) is 12.5 Å². The van der Waals surface area contributed by atoms with Crippen LogP contribution in [0.25, 0.3) is 11.0 Å². The number of carboxylic acid groups (broad SMARTS) is 1. The van der Waals surface area contributed by atoms with Gasteiger partial charge in [-0.2, -0.15) is 0 Å². The van der Waals surface area contributed by atoms with Crippen LogP contribution >= 0.6 is 0 Å². The lowest BCUT2D eigenvalue weighted by Crippen LogP contribution is -2.10. The average molecular weight is 354 g/mol. The maximum Gasteiger partial charge on any atom is 0.341 e. The summed E-state index contributed by atoms with van der Waals surface area (Å²) in [5, 5.41) is 9.56. The third-order valence-corrected chi connectivity index (χ3v) is 3.84. The number of benzene rings is 2. The maximum atomic E-state index is 12.0. The number of rotatable bonds is 9. The van der Waals surface area contributed by atoms with Crippen LogP contribution < -0.4 is 4.74 Å². The van der Waals surface area contributed by atoms with Crippen LogP contribution in [0.5, 0.6) is 5.75 Å². The van der Waals surface area contributed by atoms with E-state index in [9.17, 15) is 9.59 Å². The predicted molar refractivity (Wildman–Crippen MR) is 94.6 cm³/mol. The molecule has 0 aliphatic heterocycles. The SMILES string of the molecule is O=C(O)COc1cccc2c(CCOCC(=O)c3ccccc3)coc12. The highest BCUT2D eigenvalue weighted by atomic mass is 16.5. The normalized spacial score (nSPS) is 10.8. The van der Waals surface area contributed by atoms with E-state index < -0.39 is 12.6 Å². The van der Waals surface area contributed by atoms with Crippen LogP contribution in [0.2, 0.25) is 0 Å². The summed E-state index contributed by atoms with van der Waals surface area (Å²) in [6, 6.07) is 14.3. The van der Waals surface area contributed by atoms with E-state index in [1.54, 1.807) is 30.5 Å². The van der Waals surface area contributed by atoms with Gasteiger partial charge in [-0.3, -0.25) is 4.79 Å². The number of carbonyl (C=O) groups is 2. The fraction of sp³-hybridized carbons (Fsp3) is 0.200. The number of Topliss-reactive ketones (excluding diaryl/α,β-unsaturated/α-hetero) is 1. The van der Waals surface area contributed by atoms with Crippen molar-refractivity contribution in [3.63, 3.8) is 0 Å². The van der Waals surface area contributed by atoms with Gasteiger partial charge >= 0.3 is 5.97 Å². The minimum absolute atomic E-state index is 0.0206. The zero-order valence-electron chi connectivity index (χ0n) is 14.0. The van der Waals surface area contributed by atoms with Gasteiger partial charge in [-0.1, -0.05) is 42.5 Å². The number of hydrogen-bond donors (Lipinski definition) is 1. The second-order valence-electron chi connectivity index (χ2n) is 5.67. The molecule has 3 aromatic rings. The monoisotopic (exact) mass is 354 g/mol. The molecule has 0 radical (unpaired) electrons. The first-order valence-corrected chi connectivity index (χ1v) is 8.15. The number of para-hydroxylation sites is 1. The van der Waals surface area contributed by atoms with E-state index in [1.165, 1.54) is 0 Å². The molecular formula is C20H18O6. The van der Waals surface area contributed by atoms with Gasteiger partial charge in [0.05, 0.1) is 12.9 Å². The van der Waals surface area contributed by atoms with Gasteiger partial charge in [-0.15, -0.1) is 0 Å². The van der Waals surface area contributed by atoms with Gasteiger partial charge in [0.25, 0.3) is 0 Å². The minimum Gasteiger partial charge on any atom is -0.479 e. The lowest BCUT2D eigenvalue weighted by Gasteiger charge is -2.04. The molecule has 134 valence electrons. The molecular weight excluding hydrogens is 336 g/mol. The lowest BCUT2D eigenvalue weighted by atomic mass is 10.1. The Balaban J connectivity index is 1.57. The first-order valence-electron chi connectivity index (χ1n) is 8.15. The molecule has 6 heteroatoms. The van der Waals surface area contributed by atoms with Crippen LogP contribution in [0.4, 0.5) is 0 Å². The molecule has 0 amide bonds. The molecule has 0 saturated carbocycles. The van der Waals surface area contributed by atoms with Crippen LogP contribution in [0.1, 0.15) is 15.9 Å². The van der Waals surface area contributed by atoms with Crippen molar-refractivity contribution in [3.05, 3.63) is 65.9 Å². The third kappa shape index (κ3) is 4.29. The van der Waals surface area contributed by atoms with E-state index in [1.807, 2.05) is 24.3 Å². The molecule has 2 aromatic carbocycles. The number of carbonyl (C=O) groups excluding carboxylic acids is 1. The van der Waals surface area contributed by atoms with Gasteiger partial charge in [-0.25, -0.2) is 4.79 Å². The highest BCUT2D eigenvalue weighted by Crippen LogP contribution is 2.30. The van der Waals surface area contributed by atoms with Gasteiger partial charge < -0.3 is 19.0 Å². The van der Waals surface area contributed by atoms with Crippen molar-refractivity contribution in [1.82, 2.24) is 0 Å². The molecule has 0 saturated heterocycles. The van der Waals surface area contributed by atoms with Crippen molar-refractivity contribution in [2.75, 3.05) is 19.8 Å². The zero-order valence-corrected chi connectivity index (χ0v) is 14.0. The van der Waals surface area contributed by atoms with Gasteiger partial charge in [0.1, 0.15) is 6.61 Å². The Morgan fingerprint density at radius 2 is 1.81 bits per heavy atom. The number of hydrogen-bond acceptors (Lipinski definition) is 5. The summed E-state index contributed by atoms with van der Waals surface area (Å²) in [5.41, 5.74) is 2.04. The number of ether oxygens (including phenoxy) is 2. The summed E-state index contributed by atoms with van der Waals surface area (Å²) < 4.78 is 16.2. The molecule has 1 N–H and O–H groups in total. The number of ketones is 1. The van der Waals surface area contributed by atoms with E-state index in [2.05, 4.69) is 0 Å². The van der Waals surface area contributed by atoms with Crippen molar-refractivity contribution in [3.8, 4) is 5.75 Å². The highest BCUT2D eigenvalue weighted by molar-refractivity contribution is 5.97. The first kappa shape index (κ1) is 17.7. The summed E-state index contributed by atoms with van der Waals surface area (Å²) in [6.07, 6.45) is 2.16. The zero-order chi connectivity index (χ0) is 18.4. The fourth-order valence-corrected chi connectivity index (χ4v) is 2.58. The topological polar surface area (TPSA) is 86.0 Å². The Morgan fingerprint density at radius 3 is 2.58 bits per heavy atom. The molecule has 0 aliphatic rings. The molecule has 0 spiro atoms. The standard InChI is InChI=1S/C20H18O6/c21-17(14-5-2-1-3-6-14)12-24-10-9-15-11-26-20-16(15)7-4-8-18(20)25-13-19(22)23/h1-8,11H,9-10,12-13H2,(H,22,23). The summed E-state index contributed by atoms with van der Waals surface area (Å²) >= 11 is 0. The van der Waals surface area contributed by atoms with Crippen molar-refractivity contribution in [2.45, 2.75) is 6.42 Å². The molecule has 0 atom stereocenters. The summed E-state index contributed by atoms with van der Waals surface area (Å²) in [4.78, 5) is 22.6. The van der Waals surface area contributed by atoms with Gasteiger partial charge in [0.15, 0.2) is 23.7 Å². The van der Waals surface area contributed by atoms with E-state index in [0.717, 1.165) is 10.9 Å². The van der Waals surface area contributed by atoms with Crippen molar-refractivity contribution >= 4 is 22.7 Å². The fourth-order valence-electron chi connectivity index (χ4n) is 2.58. The minimum atomic E-state index is -1.05. The second kappa shape index (κ2) is 8.31. The van der Waals surface area contributed by atoms with Crippen molar-refractivity contribution in [1.29, 1.82) is 0 Å². The van der Waals surface area contributed by atoms with Crippen LogP contribution in [0.15, 0.2) is 59.2 Å². The van der Waals surface area contributed by atoms with E-state index in [4.69, 9.17) is 19.0 Å². The molecule has 0 aliphatic carbocycles. The Hall–Kier alpha value is -3.12. The Morgan fingerprint density at radius 1 is 1.00 bits per heavy atom. The molecule has 0 unspecified atom stereocenters. The van der Waals surface area contributed by atoms with E-state index >= 15 is 0 Å². The molecule has 0 bridgehead atoms. The number of carboxylic acids is 1. The van der Waals surface area contributed by atoms with Gasteiger partial charge in [0, 0.05) is 16.5 Å². The second-order valence-corrected chi connectivity index (χ2v) is 5.67. The van der Waals surface area contributed by atoms with E-state index in [0.29, 0.717) is 29.9 Å². The maximum absolute atomic E-state index is 12.0. The van der Waals surface area contributed by atoms with Gasteiger partial charge in [0.2, 0.25) is 0 Å². The molecule has 1 aromatic heterocycles. The number of furan rings is 1. The molecule has 26 heavy (non-hydrogen) atoms. The number of aliphatic carboxylic acids is 1. The lowest BCUT2D eigenvalue weighted by molar-refractivity contribution is -0.139. The predicted octanol–water partition coefficient (Wildman–Crippen LogP) is 3.34. The summed E-state index contributed by atoms with van der Waals surface area (Å²) in [5.74, 6) is -0.728. The van der Waals surface area contributed by atoms with Crippen LogP contribution in [0, 0.1) is 0 Å². The Kier molecular flexibility index (Phi) is 5.66. The van der Waals surface area contributed by atoms with Crippen LogP contribution in [-0.4, -0.2) is 36.7 Å². The third-order valence-electron chi connectivity index (χ3n) is 3.84. The summed E-state index contributed by atoms with van der Waals surface area (Å²) in [6.45, 7) is -0.0416. The summed E-state index contributed by atoms with van der Waals surface area (Å²) in [7, 11) is 0. The smallest absolute Gasteiger partial charge is 0.341 e.